The molecular weight excluding hydrogens is 915 g/mol. The van der Waals surface area contributed by atoms with Crippen molar-refractivity contribution in [3.63, 3.8) is 0 Å². The molecule has 7 aromatic rings. The number of aromatic hydroxyl groups is 3. The highest BCUT2D eigenvalue weighted by atomic mass is 32.2. The zero-order valence-corrected chi connectivity index (χ0v) is 34.2. The van der Waals surface area contributed by atoms with Gasteiger partial charge in [0.2, 0.25) is 11.9 Å². The van der Waals surface area contributed by atoms with Crippen LogP contribution in [0.5, 0.6) is 17.5 Å². The molecule has 1 aromatic heterocycles. The normalized spacial score (nSPS) is 12.7. The Balaban J connectivity index is 1.09. The Morgan fingerprint density at radius 3 is 1.14 bits per heavy atom. The van der Waals surface area contributed by atoms with Crippen molar-refractivity contribution >= 4 is 108 Å². The quantitative estimate of drug-likeness (QED) is 0.0460. The van der Waals surface area contributed by atoms with E-state index in [2.05, 4.69) is 46.0 Å². The molecule has 0 aliphatic heterocycles. The first-order valence-corrected chi connectivity index (χ1v) is 22.7. The number of anilines is 4. The Kier molecular flexibility index (Phi) is 11.2. The number of phenolic OH excluding ortho intramolecular Hbond substituents is 2. The molecule has 0 amide bonds. The second-order valence-electron chi connectivity index (χ2n) is 12.8. The van der Waals surface area contributed by atoms with Crippen LogP contribution in [0.25, 0.3) is 21.5 Å². The minimum absolute atomic E-state index is 0.136. The van der Waals surface area contributed by atoms with Crippen molar-refractivity contribution in [1.82, 2.24) is 15.0 Å². The summed E-state index contributed by atoms with van der Waals surface area (Å²) in [4.78, 5) is 8.88. The molecule has 324 valence electrons. The summed E-state index contributed by atoms with van der Waals surface area (Å²) in [7, 11) is -19.5. The number of hydrogen-bond donors (Lipinski definition) is 9. The second-order valence-corrected chi connectivity index (χ2v) is 18.4. The largest absolute Gasteiger partial charge is 0.506 e. The van der Waals surface area contributed by atoms with Crippen LogP contribution in [0.3, 0.4) is 0 Å². The molecule has 0 saturated heterocycles. The number of nitrogens with zero attached hydrogens (tertiary/aromatic N) is 7. The highest BCUT2D eigenvalue weighted by Gasteiger charge is 2.23. The number of aromatic nitrogens is 3. The van der Waals surface area contributed by atoms with Gasteiger partial charge >= 0.3 is 6.01 Å². The molecule has 0 aliphatic carbocycles. The molecule has 6 aromatic carbocycles. The molecule has 1 heterocycles. The van der Waals surface area contributed by atoms with Crippen LogP contribution < -0.4 is 10.6 Å². The summed E-state index contributed by atoms with van der Waals surface area (Å²) in [6.45, 7) is 0. The zero-order valence-electron chi connectivity index (χ0n) is 30.9. The van der Waals surface area contributed by atoms with Gasteiger partial charge in [-0.25, -0.2) is 0 Å². The van der Waals surface area contributed by atoms with Crippen LogP contribution in [0, 0.1) is 0 Å². The lowest BCUT2D eigenvalue weighted by Crippen LogP contribution is -2.03. The maximum absolute atomic E-state index is 12.1. The van der Waals surface area contributed by atoms with Gasteiger partial charge in [0.25, 0.3) is 40.5 Å². The van der Waals surface area contributed by atoms with Gasteiger partial charge in [-0.1, -0.05) is 24.3 Å². The van der Waals surface area contributed by atoms with Crippen molar-refractivity contribution in [2.24, 2.45) is 20.5 Å². The lowest BCUT2D eigenvalue weighted by Gasteiger charge is -2.10. The van der Waals surface area contributed by atoms with E-state index in [1.54, 1.807) is 0 Å². The van der Waals surface area contributed by atoms with Crippen molar-refractivity contribution in [3.8, 4) is 17.5 Å². The molecule has 0 unspecified atom stereocenters. The van der Waals surface area contributed by atoms with Crippen molar-refractivity contribution in [2.45, 2.75) is 19.6 Å². The summed E-state index contributed by atoms with van der Waals surface area (Å²) in [5.74, 6) is -1.50. The van der Waals surface area contributed by atoms with E-state index < -0.39 is 77.6 Å². The van der Waals surface area contributed by atoms with Crippen LogP contribution in [0.4, 0.5) is 46.0 Å². The number of rotatable bonds is 12. The third-order valence-corrected chi connectivity index (χ3v) is 12.2. The molecule has 0 saturated carbocycles. The van der Waals surface area contributed by atoms with Gasteiger partial charge in [-0.05, 0) is 60.7 Å². The fourth-order valence-electron chi connectivity index (χ4n) is 5.94. The smallest absolute Gasteiger partial charge is 0.320 e. The molecular formula is C35H25N9O15S4. The number of benzene rings is 6. The van der Waals surface area contributed by atoms with E-state index in [1.807, 2.05) is 0 Å². The average molecular weight is 940 g/mol. The first kappa shape index (κ1) is 43.8. The standard InChI is InChI=1S/C35H25N9O15S4/c45-27-13-17(7-9-25(27)43-41-19-11-23-21(31(15-19)62(54,55)56)3-1-5-29(23)60(48,49)50)36-33-38-34(40-35(47)39-33)37-18-8-10-26(28(46)14-18)44-42-20-12-24-22(32(16-20)63(57,58)59)4-2-6-30(24)61(51,52)53/h1-16,45-46H,(H,48,49,50)(H,51,52,53)(H,54,55,56)(H,57,58,59)(H3,36,37,38,39,40,47)/b43-41+,44-42+. The van der Waals surface area contributed by atoms with Gasteiger partial charge in [-0.15, -0.1) is 10.2 Å². The Hall–Kier alpha value is -7.31. The molecule has 63 heavy (non-hydrogen) atoms. The summed E-state index contributed by atoms with van der Waals surface area (Å²) in [5, 5.41) is 51.4. The Bertz CT molecular complexity index is 3340. The fraction of sp³-hybridized carbons (Fsp3) is 0. The highest BCUT2D eigenvalue weighted by Crippen LogP contribution is 2.38. The van der Waals surface area contributed by atoms with E-state index >= 15 is 0 Å². The van der Waals surface area contributed by atoms with E-state index in [0.29, 0.717) is 0 Å². The molecule has 9 N–H and O–H groups in total. The average Bonchev–Trinajstić information content (AvgIpc) is 3.17. The maximum atomic E-state index is 12.1. The van der Waals surface area contributed by atoms with Crippen molar-refractivity contribution in [2.75, 3.05) is 10.6 Å². The van der Waals surface area contributed by atoms with Gasteiger partial charge in [-0.3, -0.25) is 18.2 Å². The van der Waals surface area contributed by atoms with Crippen molar-refractivity contribution in [3.05, 3.63) is 97.1 Å². The van der Waals surface area contributed by atoms with Crippen LogP contribution in [0.1, 0.15) is 0 Å². The van der Waals surface area contributed by atoms with Crippen molar-refractivity contribution in [1.29, 1.82) is 0 Å². The molecule has 0 spiro atoms. The summed E-state index contributed by atoms with van der Waals surface area (Å²) in [6.07, 6.45) is 0. The molecule has 0 fully saturated rings. The summed E-state index contributed by atoms with van der Waals surface area (Å²) in [5.41, 5.74) is -0.635. The van der Waals surface area contributed by atoms with Crippen LogP contribution >= 0.6 is 0 Å². The second kappa shape index (κ2) is 16.2. The minimum atomic E-state index is -4.93. The van der Waals surface area contributed by atoms with Gasteiger partial charge in [0.15, 0.2) is 0 Å². The van der Waals surface area contributed by atoms with Crippen LogP contribution in [0.15, 0.2) is 137 Å². The Morgan fingerprint density at radius 2 is 0.794 bits per heavy atom. The van der Waals surface area contributed by atoms with E-state index in [0.717, 1.165) is 60.7 Å². The highest BCUT2D eigenvalue weighted by molar-refractivity contribution is 7.87. The number of azo groups is 2. The van der Waals surface area contributed by atoms with Gasteiger partial charge in [0.05, 0.1) is 11.4 Å². The fourth-order valence-corrected chi connectivity index (χ4v) is 8.79. The third-order valence-electron chi connectivity index (χ3n) is 8.55. The van der Waals surface area contributed by atoms with Gasteiger partial charge in [0, 0.05) is 45.1 Å². The monoisotopic (exact) mass is 939 g/mol. The maximum Gasteiger partial charge on any atom is 0.320 e. The predicted molar refractivity (Wildman–Crippen MR) is 220 cm³/mol. The SMILES string of the molecule is O=S(=O)(O)c1cc(/N=N/c2ccc(Nc3nc(O)nc(Nc4ccc(/N=N/c5cc(S(=O)(=O)O)c6cccc(S(=O)(=O)O)c6c5)c(O)c4)n3)cc2O)cc2c(S(=O)(=O)O)cccc12. The number of fused-ring (bicyclic) bond motifs is 2. The van der Waals surface area contributed by atoms with Crippen LogP contribution in [0.2, 0.25) is 0 Å². The minimum Gasteiger partial charge on any atom is -0.506 e. The van der Waals surface area contributed by atoms with E-state index in [4.69, 9.17) is 0 Å². The Morgan fingerprint density at radius 1 is 0.413 bits per heavy atom. The first-order valence-electron chi connectivity index (χ1n) is 17.0. The lowest BCUT2D eigenvalue weighted by atomic mass is 10.1. The first-order chi connectivity index (χ1) is 29.4. The molecule has 0 radical (unpaired) electrons. The number of phenols is 2. The molecule has 0 bridgehead atoms. The van der Waals surface area contributed by atoms with Gasteiger partial charge in [0.1, 0.15) is 42.5 Å². The third kappa shape index (κ3) is 9.77. The van der Waals surface area contributed by atoms with E-state index in [-0.39, 0.29) is 67.6 Å². The van der Waals surface area contributed by atoms with Gasteiger partial charge < -0.3 is 26.0 Å². The van der Waals surface area contributed by atoms with E-state index in [1.165, 1.54) is 36.4 Å². The zero-order chi connectivity index (χ0) is 45.6. The van der Waals surface area contributed by atoms with E-state index in [9.17, 15) is 67.2 Å². The lowest BCUT2D eigenvalue weighted by molar-refractivity contribution is 0.430. The van der Waals surface area contributed by atoms with Gasteiger partial charge in [-0.2, -0.15) is 58.9 Å². The molecule has 0 aliphatic rings. The topological polar surface area (TPSA) is 390 Å². The van der Waals surface area contributed by atoms with Crippen molar-refractivity contribution < 1.29 is 67.2 Å². The summed E-state index contributed by atoms with van der Waals surface area (Å²) < 4.78 is 135. The Labute approximate surface area is 354 Å². The molecule has 28 heteroatoms. The molecule has 7 rings (SSSR count). The van der Waals surface area contributed by atoms with Crippen LogP contribution in [-0.4, -0.2) is 82.2 Å². The molecule has 24 nitrogen and oxygen atoms in total. The summed E-state index contributed by atoms with van der Waals surface area (Å²) >= 11 is 0. The summed E-state index contributed by atoms with van der Waals surface area (Å²) in [6, 6.07) is 17.5. The number of hydrogen-bond acceptors (Lipinski definition) is 20. The predicted octanol–water partition coefficient (Wildman–Crippen LogP) is 6.60. The number of nitrogens with one attached hydrogen (secondary N) is 2. The molecule has 0 atom stereocenters. The van der Waals surface area contributed by atoms with Crippen LogP contribution in [-0.2, 0) is 40.5 Å².